The van der Waals surface area contributed by atoms with Gasteiger partial charge in [-0.15, -0.1) is 0 Å². The molecule has 1 fully saturated rings. The van der Waals surface area contributed by atoms with Crippen LogP contribution < -0.4 is 0 Å². The van der Waals surface area contributed by atoms with Crippen molar-refractivity contribution in [3.05, 3.63) is 95.1 Å². The highest BCUT2D eigenvalue weighted by molar-refractivity contribution is 7.91. The summed E-state index contributed by atoms with van der Waals surface area (Å²) in [4.78, 5) is 57.6. The molecule has 39 heavy (non-hydrogen) atoms. The van der Waals surface area contributed by atoms with Crippen LogP contribution in [0, 0.1) is 0 Å². The Labute approximate surface area is 223 Å². The maximum absolute atomic E-state index is 13.2. The molecule has 6 rings (SSSR count). The highest BCUT2D eigenvalue weighted by atomic mass is 32.2. The van der Waals surface area contributed by atoms with Gasteiger partial charge in [-0.3, -0.25) is 14.5 Å². The summed E-state index contributed by atoms with van der Waals surface area (Å²) in [5, 5.41) is 0.296. The van der Waals surface area contributed by atoms with Crippen molar-refractivity contribution in [2.24, 2.45) is 0 Å². The highest BCUT2D eigenvalue weighted by Crippen LogP contribution is 2.44. The summed E-state index contributed by atoms with van der Waals surface area (Å²) < 4.78 is 30.4. The number of nitrogens with zero attached hydrogens (tertiary/aromatic N) is 2. The smallest absolute Gasteiger partial charge is 0.410 e. The lowest BCUT2D eigenvalue weighted by atomic mass is 9.98. The first-order valence-corrected chi connectivity index (χ1v) is 14.1. The molecule has 198 valence electrons. The summed E-state index contributed by atoms with van der Waals surface area (Å²) in [5.74, 6) is -4.25. The number of hydrogen-bond donors (Lipinski definition) is 0. The van der Waals surface area contributed by atoms with Gasteiger partial charge in [0.25, 0.3) is 11.8 Å². The van der Waals surface area contributed by atoms with Crippen LogP contribution in [0.2, 0.25) is 0 Å². The summed E-state index contributed by atoms with van der Waals surface area (Å²) in [6.07, 6.45) is -0.893. The lowest BCUT2D eigenvalue weighted by Gasteiger charge is -2.33. The van der Waals surface area contributed by atoms with Crippen LogP contribution in [0.1, 0.15) is 37.8 Å². The number of amides is 3. The number of imide groups is 1. The topological polar surface area (TPSA) is 127 Å². The molecule has 0 saturated carbocycles. The van der Waals surface area contributed by atoms with E-state index in [1.165, 1.54) is 12.1 Å². The molecule has 3 aromatic carbocycles. The normalized spacial score (nSPS) is 19.3. The van der Waals surface area contributed by atoms with E-state index in [-0.39, 0.29) is 35.9 Å². The first kappa shape index (κ1) is 24.8. The Morgan fingerprint density at radius 2 is 1.31 bits per heavy atom. The molecule has 10 nitrogen and oxygen atoms in total. The molecule has 2 heterocycles. The van der Waals surface area contributed by atoms with E-state index >= 15 is 0 Å². The van der Waals surface area contributed by atoms with E-state index in [0.29, 0.717) is 5.06 Å². The molecule has 11 heteroatoms. The van der Waals surface area contributed by atoms with E-state index in [0.717, 1.165) is 27.2 Å². The molecule has 0 N–H and O–H groups in total. The van der Waals surface area contributed by atoms with Crippen molar-refractivity contribution in [3.63, 3.8) is 0 Å². The molecule has 3 aliphatic rings. The maximum atomic E-state index is 13.2. The Morgan fingerprint density at radius 3 is 1.87 bits per heavy atom. The van der Waals surface area contributed by atoms with Gasteiger partial charge in [0.15, 0.2) is 9.84 Å². The Hall–Kier alpha value is -4.51. The molecule has 1 atom stereocenters. The van der Waals surface area contributed by atoms with E-state index in [1.54, 1.807) is 12.1 Å². The number of sulfone groups is 1. The largest absolute Gasteiger partial charge is 0.448 e. The van der Waals surface area contributed by atoms with Gasteiger partial charge in [0.1, 0.15) is 12.6 Å². The van der Waals surface area contributed by atoms with Gasteiger partial charge in [-0.1, -0.05) is 65.7 Å². The first-order valence-electron chi connectivity index (χ1n) is 12.3. The van der Waals surface area contributed by atoms with E-state index < -0.39 is 45.5 Å². The molecule has 3 amide bonds. The zero-order chi connectivity index (χ0) is 27.3. The third-order valence-corrected chi connectivity index (χ3v) is 8.84. The van der Waals surface area contributed by atoms with Crippen molar-refractivity contribution in [3.8, 4) is 11.1 Å². The number of rotatable bonds is 4. The van der Waals surface area contributed by atoms with Crippen LogP contribution in [0.4, 0.5) is 4.79 Å². The van der Waals surface area contributed by atoms with Crippen LogP contribution in [-0.4, -0.2) is 73.0 Å². The Kier molecular flexibility index (Phi) is 5.95. The third kappa shape index (κ3) is 4.24. The molecule has 0 spiro atoms. The van der Waals surface area contributed by atoms with E-state index in [4.69, 9.17) is 9.57 Å². The molecule has 0 bridgehead atoms. The molecule has 0 radical (unpaired) electrons. The minimum absolute atomic E-state index is 0.0315. The fourth-order valence-electron chi connectivity index (χ4n) is 5.30. The number of hydroxylamine groups is 2. The predicted molar refractivity (Wildman–Crippen MR) is 137 cm³/mol. The number of benzene rings is 3. The Morgan fingerprint density at radius 1 is 0.795 bits per heavy atom. The van der Waals surface area contributed by atoms with Gasteiger partial charge in [-0.05, 0) is 34.4 Å². The highest BCUT2D eigenvalue weighted by Gasteiger charge is 2.45. The quantitative estimate of drug-likeness (QED) is 0.457. The second kappa shape index (κ2) is 9.35. The SMILES string of the molecule is O=C(ON1C(=O)c2ccccc2C1=O)C1CS(=O)(=O)CCN1C(=O)OCC1c2ccccc2-c2ccccc21. The lowest BCUT2D eigenvalue weighted by molar-refractivity contribution is -0.173. The van der Waals surface area contributed by atoms with E-state index in [9.17, 15) is 27.6 Å². The molecule has 2 aliphatic heterocycles. The molecule has 1 aliphatic carbocycles. The van der Waals surface area contributed by atoms with Gasteiger partial charge in [-0.2, -0.15) is 0 Å². The minimum atomic E-state index is -3.71. The summed E-state index contributed by atoms with van der Waals surface area (Å²) in [5.41, 5.74) is 4.18. The van der Waals surface area contributed by atoms with Crippen molar-refractivity contribution >= 4 is 33.7 Å². The summed E-state index contributed by atoms with van der Waals surface area (Å²) in [6, 6.07) is 19.9. The Balaban J connectivity index is 1.20. The van der Waals surface area contributed by atoms with Crippen LogP contribution in [0.5, 0.6) is 0 Å². The summed E-state index contributed by atoms with van der Waals surface area (Å²) >= 11 is 0. The Bertz CT molecular complexity index is 1570. The second-order valence-electron chi connectivity index (χ2n) is 9.49. The van der Waals surface area contributed by atoms with E-state index in [1.807, 2.05) is 48.5 Å². The third-order valence-electron chi connectivity index (χ3n) is 7.21. The van der Waals surface area contributed by atoms with Crippen molar-refractivity contribution < 1.29 is 37.2 Å². The number of carbonyl (C=O) groups excluding carboxylic acids is 4. The van der Waals surface area contributed by atoms with Crippen molar-refractivity contribution in [1.29, 1.82) is 0 Å². The number of hydrogen-bond acceptors (Lipinski definition) is 8. The number of fused-ring (bicyclic) bond motifs is 4. The van der Waals surface area contributed by atoms with Crippen molar-refractivity contribution in [1.82, 2.24) is 9.96 Å². The van der Waals surface area contributed by atoms with Crippen LogP contribution in [0.15, 0.2) is 72.8 Å². The average Bonchev–Trinajstić information content (AvgIpc) is 3.38. The first-order chi connectivity index (χ1) is 18.7. The number of carbonyl (C=O) groups is 4. The van der Waals surface area contributed by atoms with Crippen molar-refractivity contribution in [2.45, 2.75) is 12.0 Å². The molecular formula is C28H22N2O8S. The summed E-state index contributed by atoms with van der Waals surface area (Å²) in [7, 11) is -3.71. The minimum Gasteiger partial charge on any atom is -0.448 e. The lowest BCUT2D eigenvalue weighted by Crippen LogP contribution is -2.56. The van der Waals surface area contributed by atoms with Gasteiger partial charge >= 0.3 is 12.1 Å². The van der Waals surface area contributed by atoms with Crippen molar-refractivity contribution in [2.75, 3.05) is 24.7 Å². The molecule has 0 aromatic heterocycles. The van der Waals surface area contributed by atoms with Crippen LogP contribution in [-0.2, 0) is 24.2 Å². The average molecular weight is 547 g/mol. The molecule has 3 aromatic rings. The van der Waals surface area contributed by atoms with Gasteiger partial charge in [0.05, 0.1) is 22.6 Å². The predicted octanol–water partition coefficient (Wildman–Crippen LogP) is 2.79. The van der Waals surface area contributed by atoms with Crippen LogP contribution in [0.25, 0.3) is 11.1 Å². The zero-order valence-electron chi connectivity index (χ0n) is 20.5. The standard InChI is InChI=1S/C28H22N2O8S/c31-25-21-11-5-6-12-22(21)26(32)30(25)38-27(33)24-16-39(35,36)14-13-29(24)28(34)37-15-23-19-9-3-1-7-17(19)18-8-2-4-10-20(18)23/h1-12,23-24H,13-16H2. The monoisotopic (exact) mass is 546 g/mol. The molecular weight excluding hydrogens is 524 g/mol. The second-order valence-corrected chi connectivity index (χ2v) is 11.7. The summed E-state index contributed by atoms with van der Waals surface area (Å²) in [6.45, 7) is -0.336. The van der Waals surface area contributed by atoms with Gasteiger partial charge in [0.2, 0.25) is 0 Å². The fourth-order valence-corrected chi connectivity index (χ4v) is 6.74. The van der Waals surface area contributed by atoms with Gasteiger partial charge in [0, 0.05) is 12.5 Å². The maximum Gasteiger partial charge on any atom is 0.410 e. The van der Waals surface area contributed by atoms with E-state index in [2.05, 4.69) is 0 Å². The molecule has 1 saturated heterocycles. The van der Waals surface area contributed by atoms with Crippen LogP contribution in [0.3, 0.4) is 0 Å². The molecule has 1 unspecified atom stereocenters. The van der Waals surface area contributed by atoms with Crippen LogP contribution >= 0.6 is 0 Å². The number of ether oxygens (including phenoxy) is 1. The zero-order valence-corrected chi connectivity index (χ0v) is 21.3. The van der Waals surface area contributed by atoms with Gasteiger partial charge in [-0.25, -0.2) is 18.0 Å². The fraction of sp³-hybridized carbons (Fsp3) is 0.214. The van der Waals surface area contributed by atoms with Gasteiger partial charge < -0.3 is 9.57 Å².